The van der Waals surface area contributed by atoms with Crippen LogP contribution in [0.3, 0.4) is 0 Å². The standard InChI is InChI=1S/C15H11N3O6/c1-10-2-4-11(5-3-10)6-7-13-14(17(21)22)8-12(16(19)20)9-15(13)18(23)24/h2-9H,1H3. The Balaban J connectivity index is 2.61. The van der Waals surface area contributed by atoms with E-state index < -0.39 is 31.8 Å². The molecule has 24 heavy (non-hydrogen) atoms. The summed E-state index contributed by atoms with van der Waals surface area (Å²) in [5, 5.41) is 33.1. The van der Waals surface area contributed by atoms with Gasteiger partial charge in [-0.05, 0) is 18.6 Å². The zero-order valence-electron chi connectivity index (χ0n) is 12.4. The van der Waals surface area contributed by atoms with E-state index in [4.69, 9.17) is 0 Å². The molecule has 122 valence electrons. The van der Waals surface area contributed by atoms with E-state index in [1.54, 1.807) is 12.1 Å². The molecule has 0 aliphatic carbocycles. The third-order valence-electron chi connectivity index (χ3n) is 3.25. The average molecular weight is 329 g/mol. The minimum absolute atomic E-state index is 0.295. The monoisotopic (exact) mass is 329 g/mol. The Labute approximate surface area is 135 Å². The predicted octanol–water partition coefficient (Wildman–Crippen LogP) is 3.89. The minimum atomic E-state index is -0.909. The zero-order valence-corrected chi connectivity index (χ0v) is 12.4. The van der Waals surface area contributed by atoms with Crippen LogP contribution in [0.1, 0.15) is 16.7 Å². The molecule has 0 fully saturated rings. The highest BCUT2D eigenvalue weighted by molar-refractivity contribution is 5.81. The molecular formula is C15H11N3O6. The molecule has 0 bridgehead atoms. The molecule has 0 atom stereocenters. The van der Waals surface area contributed by atoms with Crippen LogP contribution in [0.5, 0.6) is 0 Å². The first-order valence-corrected chi connectivity index (χ1v) is 6.65. The smallest absolute Gasteiger partial charge is 0.258 e. The molecule has 0 amide bonds. The van der Waals surface area contributed by atoms with Crippen molar-refractivity contribution in [2.24, 2.45) is 0 Å². The molecule has 2 aromatic rings. The molecule has 0 aromatic heterocycles. The normalized spacial score (nSPS) is 10.7. The number of aryl methyl sites for hydroxylation is 1. The van der Waals surface area contributed by atoms with E-state index >= 15 is 0 Å². The highest BCUT2D eigenvalue weighted by Gasteiger charge is 2.28. The Bertz CT molecular complexity index is 823. The van der Waals surface area contributed by atoms with Gasteiger partial charge in [0.2, 0.25) is 0 Å². The van der Waals surface area contributed by atoms with E-state index in [9.17, 15) is 30.3 Å². The van der Waals surface area contributed by atoms with E-state index in [-0.39, 0.29) is 5.56 Å². The lowest BCUT2D eigenvalue weighted by molar-refractivity contribution is -0.403. The van der Waals surface area contributed by atoms with Crippen molar-refractivity contribution in [3.8, 4) is 0 Å². The van der Waals surface area contributed by atoms with Gasteiger partial charge in [-0.15, -0.1) is 0 Å². The fourth-order valence-corrected chi connectivity index (χ4v) is 2.04. The molecule has 0 heterocycles. The molecule has 0 aliphatic rings. The number of non-ortho nitro benzene ring substituents is 1. The van der Waals surface area contributed by atoms with E-state index in [0.29, 0.717) is 17.7 Å². The maximum absolute atomic E-state index is 11.2. The second-order valence-corrected chi connectivity index (χ2v) is 4.91. The average Bonchev–Trinajstić information content (AvgIpc) is 2.53. The van der Waals surface area contributed by atoms with Gasteiger partial charge in [0.15, 0.2) is 0 Å². The fraction of sp³-hybridized carbons (Fsp3) is 0.0667. The summed E-state index contributed by atoms with van der Waals surface area (Å²) in [6.45, 7) is 1.89. The number of hydrogen-bond acceptors (Lipinski definition) is 6. The van der Waals surface area contributed by atoms with Crippen LogP contribution >= 0.6 is 0 Å². The van der Waals surface area contributed by atoms with Gasteiger partial charge in [0.05, 0.1) is 26.9 Å². The second kappa shape index (κ2) is 6.65. The zero-order chi connectivity index (χ0) is 17.9. The molecule has 0 saturated carbocycles. The fourth-order valence-electron chi connectivity index (χ4n) is 2.04. The maximum atomic E-state index is 11.2. The molecule has 0 unspecified atom stereocenters. The van der Waals surface area contributed by atoms with Crippen LogP contribution in [0.15, 0.2) is 36.4 Å². The van der Waals surface area contributed by atoms with Crippen LogP contribution in [0.4, 0.5) is 17.1 Å². The molecule has 2 rings (SSSR count). The van der Waals surface area contributed by atoms with Crippen molar-refractivity contribution in [1.29, 1.82) is 0 Å². The van der Waals surface area contributed by atoms with E-state index in [1.807, 2.05) is 19.1 Å². The Kier molecular flexibility index (Phi) is 4.64. The van der Waals surface area contributed by atoms with Gasteiger partial charge in [-0.1, -0.05) is 35.9 Å². The number of nitro benzene ring substituents is 3. The van der Waals surface area contributed by atoms with Crippen molar-refractivity contribution in [1.82, 2.24) is 0 Å². The molecule has 0 N–H and O–H groups in total. The summed E-state index contributed by atoms with van der Waals surface area (Å²) in [7, 11) is 0. The molecular weight excluding hydrogens is 318 g/mol. The molecule has 2 aromatic carbocycles. The Hall–Kier alpha value is -3.62. The number of nitrogens with zero attached hydrogens (tertiary/aromatic N) is 3. The van der Waals surface area contributed by atoms with Crippen LogP contribution in [0.25, 0.3) is 12.2 Å². The maximum Gasteiger partial charge on any atom is 0.290 e. The third kappa shape index (κ3) is 3.58. The van der Waals surface area contributed by atoms with E-state index in [1.165, 1.54) is 12.2 Å². The number of benzene rings is 2. The quantitative estimate of drug-likeness (QED) is 0.464. The minimum Gasteiger partial charge on any atom is -0.258 e. The molecule has 9 nitrogen and oxygen atoms in total. The summed E-state index contributed by atoms with van der Waals surface area (Å²) < 4.78 is 0. The van der Waals surface area contributed by atoms with Gasteiger partial charge < -0.3 is 0 Å². The summed E-state index contributed by atoms with van der Waals surface area (Å²) in [6, 6.07) is 8.55. The summed E-state index contributed by atoms with van der Waals surface area (Å²) in [6.07, 6.45) is 2.69. The SMILES string of the molecule is Cc1ccc(C=Cc2c([N+](=O)[O-])cc([N+](=O)[O-])cc2[N+](=O)[O-])cc1. The second-order valence-electron chi connectivity index (χ2n) is 4.91. The summed E-state index contributed by atoms with van der Waals surface area (Å²) in [5.41, 5.74) is -0.697. The first-order chi connectivity index (χ1) is 11.3. The predicted molar refractivity (Wildman–Crippen MR) is 86.5 cm³/mol. The Morgan fingerprint density at radius 2 is 1.29 bits per heavy atom. The van der Waals surface area contributed by atoms with Gasteiger partial charge in [-0.3, -0.25) is 30.3 Å². The van der Waals surface area contributed by atoms with Crippen LogP contribution in [-0.2, 0) is 0 Å². The van der Waals surface area contributed by atoms with Crippen molar-refractivity contribution < 1.29 is 14.8 Å². The van der Waals surface area contributed by atoms with Gasteiger partial charge in [0, 0.05) is 0 Å². The van der Waals surface area contributed by atoms with Gasteiger partial charge in [0.25, 0.3) is 17.1 Å². The first-order valence-electron chi connectivity index (χ1n) is 6.65. The highest BCUT2D eigenvalue weighted by atomic mass is 16.6. The first kappa shape index (κ1) is 16.7. The lowest BCUT2D eigenvalue weighted by Crippen LogP contribution is -2.00. The highest BCUT2D eigenvalue weighted by Crippen LogP contribution is 2.35. The van der Waals surface area contributed by atoms with Gasteiger partial charge in [-0.25, -0.2) is 0 Å². The molecule has 0 saturated heterocycles. The van der Waals surface area contributed by atoms with Crippen LogP contribution in [0.2, 0.25) is 0 Å². The summed E-state index contributed by atoms with van der Waals surface area (Å²) in [4.78, 5) is 30.5. The number of hydrogen-bond donors (Lipinski definition) is 0. The van der Waals surface area contributed by atoms with Crippen LogP contribution < -0.4 is 0 Å². The Morgan fingerprint density at radius 1 is 0.792 bits per heavy atom. The van der Waals surface area contributed by atoms with Crippen molar-refractivity contribution >= 4 is 29.2 Å². The van der Waals surface area contributed by atoms with Gasteiger partial charge >= 0.3 is 0 Å². The van der Waals surface area contributed by atoms with Crippen LogP contribution in [0, 0.1) is 37.3 Å². The molecule has 0 aliphatic heterocycles. The number of rotatable bonds is 5. The van der Waals surface area contributed by atoms with Gasteiger partial charge in [-0.2, -0.15) is 0 Å². The lowest BCUT2D eigenvalue weighted by atomic mass is 10.1. The van der Waals surface area contributed by atoms with E-state index in [2.05, 4.69) is 0 Å². The molecule has 0 radical (unpaired) electrons. The molecule has 0 spiro atoms. The summed E-state index contributed by atoms with van der Waals surface area (Å²) in [5.74, 6) is 0. The summed E-state index contributed by atoms with van der Waals surface area (Å²) >= 11 is 0. The van der Waals surface area contributed by atoms with Crippen molar-refractivity contribution in [3.63, 3.8) is 0 Å². The van der Waals surface area contributed by atoms with Crippen molar-refractivity contribution in [2.45, 2.75) is 6.92 Å². The van der Waals surface area contributed by atoms with E-state index in [0.717, 1.165) is 5.56 Å². The largest absolute Gasteiger partial charge is 0.290 e. The van der Waals surface area contributed by atoms with Crippen molar-refractivity contribution in [2.75, 3.05) is 0 Å². The third-order valence-corrected chi connectivity index (χ3v) is 3.25. The van der Waals surface area contributed by atoms with Crippen LogP contribution in [-0.4, -0.2) is 14.8 Å². The number of nitro groups is 3. The van der Waals surface area contributed by atoms with Crippen molar-refractivity contribution in [3.05, 3.63) is 83.4 Å². The molecule has 9 heteroatoms. The Morgan fingerprint density at radius 3 is 1.71 bits per heavy atom. The van der Waals surface area contributed by atoms with Gasteiger partial charge in [0.1, 0.15) is 5.56 Å². The topological polar surface area (TPSA) is 129 Å². The lowest BCUT2D eigenvalue weighted by Gasteiger charge is -2.01.